The highest BCUT2D eigenvalue weighted by atomic mass is 19.1. The Labute approximate surface area is 164 Å². The Morgan fingerprint density at radius 1 is 0.893 bits per heavy atom. The number of anilines is 5. The molecule has 5 nitrogen and oxygen atoms in total. The normalized spacial score (nSPS) is 14.7. The van der Waals surface area contributed by atoms with Crippen molar-refractivity contribution in [3.63, 3.8) is 0 Å². The van der Waals surface area contributed by atoms with Gasteiger partial charge in [0, 0.05) is 36.3 Å². The van der Waals surface area contributed by atoms with Crippen molar-refractivity contribution < 1.29 is 4.39 Å². The summed E-state index contributed by atoms with van der Waals surface area (Å²) < 4.78 is 13.0. The van der Waals surface area contributed by atoms with Crippen LogP contribution in [0, 0.1) is 11.7 Å². The molecule has 1 aliphatic heterocycles. The summed E-state index contributed by atoms with van der Waals surface area (Å²) in [5.41, 5.74) is 2.97. The Kier molecular flexibility index (Phi) is 5.37. The van der Waals surface area contributed by atoms with Crippen molar-refractivity contribution in [2.45, 2.75) is 19.8 Å². The molecule has 2 heterocycles. The van der Waals surface area contributed by atoms with E-state index in [1.54, 1.807) is 18.3 Å². The van der Waals surface area contributed by atoms with Crippen molar-refractivity contribution >= 4 is 28.8 Å². The number of halogens is 1. The van der Waals surface area contributed by atoms with Crippen molar-refractivity contribution in [2.75, 3.05) is 28.6 Å². The molecule has 0 saturated carbocycles. The number of rotatable bonds is 5. The van der Waals surface area contributed by atoms with Gasteiger partial charge in [-0.05, 0) is 73.4 Å². The van der Waals surface area contributed by atoms with Gasteiger partial charge in [0.05, 0.1) is 0 Å². The van der Waals surface area contributed by atoms with Crippen LogP contribution in [0.3, 0.4) is 0 Å². The number of piperidine rings is 1. The van der Waals surface area contributed by atoms with Gasteiger partial charge in [0.25, 0.3) is 0 Å². The lowest BCUT2D eigenvalue weighted by atomic mass is 9.99. The van der Waals surface area contributed by atoms with Gasteiger partial charge in [0.15, 0.2) is 0 Å². The van der Waals surface area contributed by atoms with Crippen molar-refractivity contribution in [3.05, 3.63) is 66.6 Å². The number of benzene rings is 2. The molecule has 0 aliphatic carbocycles. The molecule has 0 unspecified atom stereocenters. The summed E-state index contributed by atoms with van der Waals surface area (Å²) in [6, 6.07) is 16.4. The summed E-state index contributed by atoms with van der Waals surface area (Å²) >= 11 is 0. The third-order valence-electron chi connectivity index (χ3n) is 5.04. The van der Waals surface area contributed by atoms with Crippen LogP contribution >= 0.6 is 0 Å². The van der Waals surface area contributed by atoms with Gasteiger partial charge in [-0.2, -0.15) is 4.98 Å². The fourth-order valence-corrected chi connectivity index (χ4v) is 3.32. The average molecular weight is 377 g/mol. The van der Waals surface area contributed by atoms with Gasteiger partial charge in [-0.3, -0.25) is 0 Å². The highest BCUT2D eigenvalue weighted by Gasteiger charge is 2.15. The first kappa shape index (κ1) is 18.2. The smallest absolute Gasteiger partial charge is 0.229 e. The van der Waals surface area contributed by atoms with Crippen molar-refractivity contribution in [1.29, 1.82) is 0 Å². The van der Waals surface area contributed by atoms with Gasteiger partial charge in [-0.15, -0.1) is 0 Å². The molecule has 4 rings (SSSR count). The molecule has 1 aromatic heterocycles. The molecule has 6 heteroatoms. The zero-order valence-electron chi connectivity index (χ0n) is 15.9. The maximum atomic E-state index is 13.0. The maximum absolute atomic E-state index is 13.0. The third-order valence-corrected chi connectivity index (χ3v) is 5.04. The van der Waals surface area contributed by atoms with Crippen LogP contribution in [0.25, 0.3) is 0 Å². The van der Waals surface area contributed by atoms with Gasteiger partial charge in [-0.1, -0.05) is 6.92 Å². The molecule has 0 atom stereocenters. The number of aromatic nitrogens is 2. The highest BCUT2D eigenvalue weighted by Crippen LogP contribution is 2.25. The second-order valence-corrected chi connectivity index (χ2v) is 7.24. The molecule has 0 radical (unpaired) electrons. The van der Waals surface area contributed by atoms with Gasteiger partial charge in [0.1, 0.15) is 11.6 Å². The minimum absolute atomic E-state index is 0.274. The van der Waals surface area contributed by atoms with E-state index in [1.807, 2.05) is 6.07 Å². The summed E-state index contributed by atoms with van der Waals surface area (Å²) in [6.07, 6.45) is 4.19. The Hall–Kier alpha value is -3.15. The Morgan fingerprint density at radius 3 is 2.25 bits per heavy atom. The molecule has 1 fully saturated rings. The van der Waals surface area contributed by atoms with Crippen LogP contribution in [0.2, 0.25) is 0 Å². The van der Waals surface area contributed by atoms with E-state index in [4.69, 9.17) is 0 Å². The summed E-state index contributed by atoms with van der Waals surface area (Å²) in [4.78, 5) is 11.1. The minimum atomic E-state index is -0.274. The van der Waals surface area contributed by atoms with Crippen LogP contribution in [0.1, 0.15) is 19.8 Å². The predicted molar refractivity (Wildman–Crippen MR) is 112 cm³/mol. The first-order valence-electron chi connectivity index (χ1n) is 9.63. The minimum Gasteiger partial charge on any atom is -0.372 e. The van der Waals surface area contributed by atoms with Crippen LogP contribution in [-0.4, -0.2) is 23.1 Å². The van der Waals surface area contributed by atoms with E-state index in [9.17, 15) is 4.39 Å². The van der Waals surface area contributed by atoms with Crippen molar-refractivity contribution in [3.8, 4) is 0 Å². The summed E-state index contributed by atoms with van der Waals surface area (Å²) in [7, 11) is 0. The Bertz CT molecular complexity index is 903. The fraction of sp³-hybridized carbons (Fsp3) is 0.273. The van der Waals surface area contributed by atoms with E-state index in [1.165, 1.54) is 30.7 Å². The molecule has 2 N–H and O–H groups in total. The van der Waals surface area contributed by atoms with E-state index < -0.39 is 0 Å². The molecule has 2 aromatic carbocycles. The van der Waals surface area contributed by atoms with Gasteiger partial charge in [0.2, 0.25) is 5.95 Å². The highest BCUT2D eigenvalue weighted by molar-refractivity contribution is 5.62. The Morgan fingerprint density at radius 2 is 1.54 bits per heavy atom. The quantitative estimate of drug-likeness (QED) is 0.629. The largest absolute Gasteiger partial charge is 0.372 e. The Balaban J connectivity index is 1.40. The van der Waals surface area contributed by atoms with E-state index in [0.29, 0.717) is 11.8 Å². The fourth-order valence-electron chi connectivity index (χ4n) is 3.32. The average Bonchev–Trinajstić information content (AvgIpc) is 2.71. The molecule has 1 saturated heterocycles. The first-order valence-corrected chi connectivity index (χ1v) is 9.63. The first-order chi connectivity index (χ1) is 13.7. The van der Waals surface area contributed by atoms with E-state index >= 15 is 0 Å². The number of nitrogens with one attached hydrogen (secondary N) is 2. The molecule has 1 aliphatic rings. The third kappa shape index (κ3) is 4.57. The second-order valence-electron chi connectivity index (χ2n) is 7.24. The van der Waals surface area contributed by atoms with E-state index in [0.717, 1.165) is 30.4 Å². The number of nitrogens with zero attached hydrogens (tertiary/aromatic N) is 3. The lowest BCUT2D eigenvalue weighted by molar-refractivity contribution is 0.438. The molecular formula is C22H24FN5. The zero-order valence-corrected chi connectivity index (χ0v) is 15.9. The summed E-state index contributed by atoms with van der Waals surface area (Å²) in [6.45, 7) is 4.57. The summed E-state index contributed by atoms with van der Waals surface area (Å²) in [5.74, 6) is 1.70. The number of hydrogen-bond donors (Lipinski definition) is 2. The van der Waals surface area contributed by atoms with Gasteiger partial charge < -0.3 is 15.5 Å². The molecule has 0 bridgehead atoms. The second kappa shape index (κ2) is 8.25. The molecular weight excluding hydrogens is 353 g/mol. The molecule has 3 aromatic rings. The zero-order chi connectivity index (χ0) is 19.3. The lowest BCUT2D eigenvalue weighted by Crippen LogP contribution is -2.32. The molecule has 0 amide bonds. The van der Waals surface area contributed by atoms with Crippen LogP contribution in [0.4, 0.5) is 33.2 Å². The standard InChI is InChI=1S/C22H24FN5/c1-16-11-14-28(15-12-16)20-8-6-18(7-9-20)25-21-10-13-24-22(27-21)26-19-4-2-17(23)3-5-19/h2-10,13,16H,11-12,14-15H2,1H3,(H2,24,25,26,27). The molecule has 28 heavy (non-hydrogen) atoms. The van der Waals surface area contributed by atoms with Crippen LogP contribution in [0.15, 0.2) is 60.8 Å². The van der Waals surface area contributed by atoms with Crippen LogP contribution in [0.5, 0.6) is 0 Å². The molecule has 144 valence electrons. The van der Waals surface area contributed by atoms with E-state index in [-0.39, 0.29) is 5.82 Å². The molecule has 0 spiro atoms. The monoisotopic (exact) mass is 377 g/mol. The van der Waals surface area contributed by atoms with Crippen LogP contribution < -0.4 is 15.5 Å². The summed E-state index contributed by atoms with van der Waals surface area (Å²) in [5, 5.41) is 6.38. The topological polar surface area (TPSA) is 53.1 Å². The van der Waals surface area contributed by atoms with Gasteiger partial charge in [-0.25, -0.2) is 9.37 Å². The number of hydrogen-bond acceptors (Lipinski definition) is 5. The van der Waals surface area contributed by atoms with E-state index in [2.05, 4.69) is 56.7 Å². The van der Waals surface area contributed by atoms with Crippen molar-refractivity contribution in [1.82, 2.24) is 9.97 Å². The predicted octanol–water partition coefficient (Wildman–Crippen LogP) is 5.34. The van der Waals surface area contributed by atoms with Gasteiger partial charge >= 0.3 is 0 Å². The maximum Gasteiger partial charge on any atom is 0.229 e. The van der Waals surface area contributed by atoms with Crippen LogP contribution in [-0.2, 0) is 0 Å². The lowest BCUT2D eigenvalue weighted by Gasteiger charge is -2.32. The van der Waals surface area contributed by atoms with Crippen molar-refractivity contribution in [2.24, 2.45) is 5.92 Å². The SMILES string of the molecule is CC1CCN(c2ccc(Nc3ccnc(Nc4ccc(F)cc4)n3)cc2)CC1.